The number of hydrogen-bond donors (Lipinski definition) is 2. The number of aromatic nitrogens is 1. The van der Waals surface area contributed by atoms with Gasteiger partial charge in [0.1, 0.15) is 11.4 Å². The van der Waals surface area contributed by atoms with Gasteiger partial charge in [0, 0.05) is 11.8 Å². The van der Waals surface area contributed by atoms with Crippen molar-refractivity contribution in [1.82, 2.24) is 4.98 Å². The zero-order valence-corrected chi connectivity index (χ0v) is 11.2. The van der Waals surface area contributed by atoms with Crippen LogP contribution in [0.2, 0.25) is 0 Å². The van der Waals surface area contributed by atoms with Gasteiger partial charge in [-0.2, -0.15) is 0 Å². The van der Waals surface area contributed by atoms with E-state index in [1.54, 1.807) is 6.07 Å². The lowest BCUT2D eigenvalue weighted by Gasteiger charge is -2.14. The maximum Gasteiger partial charge on any atom is 0.340 e. The molecule has 3 N–H and O–H groups in total. The van der Waals surface area contributed by atoms with Crippen molar-refractivity contribution in [3.63, 3.8) is 0 Å². The van der Waals surface area contributed by atoms with E-state index in [-0.39, 0.29) is 11.4 Å². The van der Waals surface area contributed by atoms with Gasteiger partial charge in [0.25, 0.3) is 0 Å². The Bertz CT molecular complexity index is 640. The number of nitrogens with two attached hydrogens (primary N) is 1. The molecule has 1 aromatic carbocycles. The van der Waals surface area contributed by atoms with Gasteiger partial charge in [0.2, 0.25) is 0 Å². The van der Waals surface area contributed by atoms with E-state index >= 15 is 0 Å². The van der Waals surface area contributed by atoms with Gasteiger partial charge >= 0.3 is 5.97 Å². The third-order valence-corrected chi connectivity index (χ3v) is 3.14. The van der Waals surface area contributed by atoms with Gasteiger partial charge in [-0.05, 0) is 43.5 Å². The van der Waals surface area contributed by atoms with E-state index in [2.05, 4.69) is 4.98 Å². The van der Waals surface area contributed by atoms with Gasteiger partial charge in [-0.3, -0.25) is 0 Å². The number of hydrogen-bond acceptors (Lipinski definition) is 3. The van der Waals surface area contributed by atoms with E-state index in [0.717, 1.165) is 22.3 Å². The lowest BCUT2D eigenvalue weighted by molar-refractivity contribution is 0.0698. The highest BCUT2D eigenvalue weighted by molar-refractivity contribution is 6.01. The van der Waals surface area contributed by atoms with Crippen LogP contribution in [0.1, 0.15) is 27.0 Å². The predicted octanol–water partition coefficient (Wildman–Crippen LogP) is 2.95. The fourth-order valence-corrected chi connectivity index (χ4v) is 2.52. The van der Waals surface area contributed by atoms with Gasteiger partial charge < -0.3 is 10.8 Å². The van der Waals surface area contributed by atoms with Gasteiger partial charge in [0.15, 0.2) is 0 Å². The van der Waals surface area contributed by atoms with Crippen molar-refractivity contribution in [3.8, 4) is 11.1 Å². The quantitative estimate of drug-likeness (QED) is 0.866. The number of aromatic carboxylic acids is 1. The van der Waals surface area contributed by atoms with Crippen molar-refractivity contribution in [2.45, 2.75) is 20.8 Å². The van der Waals surface area contributed by atoms with Crippen molar-refractivity contribution >= 4 is 11.8 Å². The summed E-state index contributed by atoms with van der Waals surface area (Å²) >= 11 is 0. The maximum absolute atomic E-state index is 11.4. The Hall–Kier alpha value is -2.36. The summed E-state index contributed by atoms with van der Waals surface area (Å²) < 4.78 is 0. The third kappa shape index (κ3) is 2.29. The summed E-state index contributed by atoms with van der Waals surface area (Å²) in [7, 11) is 0. The highest BCUT2D eigenvalue weighted by Gasteiger charge is 2.18. The zero-order valence-electron chi connectivity index (χ0n) is 11.2. The van der Waals surface area contributed by atoms with Crippen LogP contribution in [0.15, 0.2) is 24.4 Å². The molecule has 0 saturated carbocycles. The van der Waals surface area contributed by atoms with Crippen LogP contribution in [0.25, 0.3) is 11.1 Å². The fraction of sp³-hybridized carbons (Fsp3) is 0.200. The number of aryl methyl sites for hydroxylation is 3. The normalized spacial score (nSPS) is 10.5. The summed E-state index contributed by atoms with van der Waals surface area (Å²) in [6.45, 7) is 5.96. The molecule has 0 aliphatic heterocycles. The van der Waals surface area contributed by atoms with Gasteiger partial charge in [-0.15, -0.1) is 0 Å². The molecule has 4 heteroatoms. The van der Waals surface area contributed by atoms with Crippen molar-refractivity contribution < 1.29 is 9.90 Å². The largest absolute Gasteiger partial charge is 0.478 e. The monoisotopic (exact) mass is 256 g/mol. The summed E-state index contributed by atoms with van der Waals surface area (Å²) in [6.07, 6.45) is 1.54. The molecule has 1 aromatic heterocycles. The molecule has 1 heterocycles. The highest BCUT2D eigenvalue weighted by atomic mass is 16.4. The summed E-state index contributed by atoms with van der Waals surface area (Å²) in [5.74, 6) is -1.01. The first-order valence-electron chi connectivity index (χ1n) is 5.97. The van der Waals surface area contributed by atoms with Crippen LogP contribution < -0.4 is 5.73 Å². The second kappa shape index (κ2) is 4.72. The molecule has 0 radical (unpaired) electrons. The minimum atomic E-state index is -1.06. The Morgan fingerprint density at radius 1 is 1.21 bits per heavy atom. The molecule has 2 aromatic rings. The first-order valence-corrected chi connectivity index (χ1v) is 5.97. The number of pyridine rings is 1. The Morgan fingerprint density at radius 2 is 1.79 bits per heavy atom. The molecule has 0 bridgehead atoms. The molecule has 19 heavy (non-hydrogen) atoms. The number of nitrogen functional groups attached to an aromatic ring is 1. The number of anilines is 1. The first-order chi connectivity index (χ1) is 8.91. The minimum Gasteiger partial charge on any atom is -0.478 e. The second-order valence-corrected chi connectivity index (χ2v) is 4.70. The maximum atomic E-state index is 11.4. The number of benzene rings is 1. The van der Waals surface area contributed by atoms with E-state index in [1.165, 1.54) is 6.20 Å². The molecule has 4 nitrogen and oxygen atoms in total. The van der Waals surface area contributed by atoms with E-state index in [0.29, 0.717) is 5.56 Å². The lowest BCUT2D eigenvalue weighted by atomic mass is 9.91. The Balaban J connectivity index is 2.80. The number of carbonyl (C=O) groups is 1. The molecule has 0 spiro atoms. The molecular formula is C15H16N2O2. The van der Waals surface area contributed by atoms with Gasteiger partial charge in [-0.1, -0.05) is 17.7 Å². The molecule has 98 valence electrons. The molecule has 0 aliphatic carbocycles. The van der Waals surface area contributed by atoms with Crippen LogP contribution in [0.5, 0.6) is 0 Å². The smallest absolute Gasteiger partial charge is 0.340 e. The summed E-state index contributed by atoms with van der Waals surface area (Å²) in [4.78, 5) is 15.2. The Morgan fingerprint density at radius 3 is 2.32 bits per heavy atom. The average Bonchev–Trinajstić information content (AvgIpc) is 2.26. The lowest BCUT2D eigenvalue weighted by Crippen LogP contribution is -2.07. The van der Waals surface area contributed by atoms with Crippen LogP contribution in [0.4, 0.5) is 5.82 Å². The Labute approximate surface area is 111 Å². The summed E-state index contributed by atoms with van der Waals surface area (Å²) in [5, 5.41) is 9.32. The molecule has 0 atom stereocenters. The minimum absolute atomic E-state index is 0.0457. The molecule has 0 saturated heterocycles. The van der Waals surface area contributed by atoms with E-state index < -0.39 is 5.97 Å². The molecule has 0 fully saturated rings. The second-order valence-electron chi connectivity index (χ2n) is 4.70. The summed E-state index contributed by atoms with van der Waals surface area (Å²) in [5.41, 5.74) is 10.5. The van der Waals surface area contributed by atoms with Crippen LogP contribution in [0, 0.1) is 20.8 Å². The van der Waals surface area contributed by atoms with Crippen LogP contribution >= 0.6 is 0 Å². The fourth-order valence-electron chi connectivity index (χ4n) is 2.52. The Kier molecular flexibility index (Phi) is 3.25. The van der Waals surface area contributed by atoms with Crippen molar-refractivity contribution in [2.24, 2.45) is 0 Å². The van der Waals surface area contributed by atoms with Crippen LogP contribution in [-0.4, -0.2) is 16.1 Å². The van der Waals surface area contributed by atoms with Crippen LogP contribution in [-0.2, 0) is 0 Å². The first kappa shape index (κ1) is 13.1. The topological polar surface area (TPSA) is 76.2 Å². The third-order valence-electron chi connectivity index (χ3n) is 3.14. The van der Waals surface area contributed by atoms with Gasteiger partial charge in [-0.25, -0.2) is 9.78 Å². The van der Waals surface area contributed by atoms with Crippen molar-refractivity contribution in [2.75, 3.05) is 5.73 Å². The van der Waals surface area contributed by atoms with E-state index in [4.69, 9.17) is 5.73 Å². The number of carboxylic acid groups (broad SMARTS) is 1. The molecule has 2 rings (SSSR count). The van der Waals surface area contributed by atoms with Crippen LogP contribution in [0.3, 0.4) is 0 Å². The average molecular weight is 256 g/mol. The molecule has 0 amide bonds. The van der Waals surface area contributed by atoms with Crippen molar-refractivity contribution in [3.05, 3.63) is 46.6 Å². The zero-order chi connectivity index (χ0) is 14.2. The van der Waals surface area contributed by atoms with Crippen molar-refractivity contribution in [1.29, 1.82) is 0 Å². The van der Waals surface area contributed by atoms with E-state index in [9.17, 15) is 9.90 Å². The molecule has 0 aliphatic rings. The number of nitrogens with zero attached hydrogens (tertiary/aromatic N) is 1. The summed E-state index contributed by atoms with van der Waals surface area (Å²) in [6, 6.07) is 5.76. The number of carboxylic acids is 1. The molecular weight excluding hydrogens is 240 g/mol. The standard InChI is InChI=1S/C15H16N2O2/c1-8-6-9(2)12(10(3)7-8)11-4-5-17-14(16)13(11)15(18)19/h4-7H,1-3H3,(H2,16,17)(H,18,19). The van der Waals surface area contributed by atoms with Gasteiger partial charge in [0.05, 0.1) is 0 Å². The molecule has 0 unspecified atom stereocenters. The van der Waals surface area contributed by atoms with E-state index in [1.807, 2.05) is 32.9 Å². The highest BCUT2D eigenvalue weighted by Crippen LogP contribution is 2.32. The SMILES string of the molecule is Cc1cc(C)c(-c2ccnc(N)c2C(=O)O)c(C)c1. The number of rotatable bonds is 2. The predicted molar refractivity (Wildman–Crippen MR) is 75.3 cm³/mol.